The first-order chi connectivity index (χ1) is 7.77. The van der Waals surface area contributed by atoms with Crippen LogP contribution >= 0.6 is 0 Å². The molecule has 1 amide bonds. The Bertz CT molecular complexity index is 350. The molecule has 1 atom stereocenters. The fraction of sp³-hybridized carbons (Fsp3) is 0.462. The Morgan fingerprint density at radius 2 is 2.19 bits per heavy atom. The molecule has 0 bridgehead atoms. The van der Waals surface area contributed by atoms with Crippen molar-refractivity contribution in [1.82, 2.24) is 4.90 Å². The number of hydrogen-bond acceptors (Lipinski definition) is 2. The van der Waals surface area contributed by atoms with E-state index < -0.39 is 0 Å². The molecule has 1 unspecified atom stereocenters. The molecule has 0 radical (unpaired) electrons. The maximum absolute atomic E-state index is 11.8. The molecule has 0 aromatic heterocycles. The largest absolute Gasteiger partial charge is 0.484 e. The number of benzene rings is 1. The lowest BCUT2D eigenvalue weighted by Gasteiger charge is -2.21. The third-order valence-corrected chi connectivity index (χ3v) is 2.98. The van der Waals surface area contributed by atoms with Crippen LogP contribution in [0.4, 0.5) is 0 Å². The van der Waals surface area contributed by atoms with Gasteiger partial charge in [-0.1, -0.05) is 18.2 Å². The molecule has 0 saturated carbocycles. The minimum atomic E-state index is 0.0915. The molecule has 3 nitrogen and oxygen atoms in total. The van der Waals surface area contributed by atoms with E-state index in [4.69, 9.17) is 4.74 Å². The van der Waals surface area contributed by atoms with Crippen molar-refractivity contribution in [2.75, 3.05) is 13.2 Å². The molecule has 0 aliphatic carbocycles. The van der Waals surface area contributed by atoms with Crippen LogP contribution in [0.25, 0.3) is 0 Å². The number of amides is 1. The zero-order valence-corrected chi connectivity index (χ0v) is 9.56. The van der Waals surface area contributed by atoms with Crippen LogP contribution in [0, 0.1) is 0 Å². The summed E-state index contributed by atoms with van der Waals surface area (Å²) >= 11 is 0. The second kappa shape index (κ2) is 5.01. The van der Waals surface area contributed by atoms with Gasteiger partial charge in [0, 0.05) is 12.6 Å². The highest BCUT2D eigenvalue weighted by atomic mass is 16.5. The normalized spacial score (nSPS) is 19.8. The van der Waals surface area contributed by atoms with Gasteiger partial charge in [-0.3, -0.25) is 4.79 Å². The van der Waals surface area contributed by atoms with Crippen molar-refractivity contribution in [3.05, 3.63) is 30.3 Å². The van der Waals surface area contributed by atoms with E-state index in [9.17, 15) is 4.79 Å². The number of carbonyl (C=O) groups is 1. The van der Waals surface area contributed by atoms with E-state index in [1.54, 1.807) is 0 Å². The van der Waals surface area contributed by atoms with Gasteiger partial charge in [0.15, 0.2) is 6.61 Å². The Hall–Kier alpha value is -1.51. The number of para-hydroxylation sites is 1. The van der Waals surface area contributed by atoms with Crippen molar-refractivity contribution in [1.29, 1.82) is 0 Å². The topological polar surface area (TPSA) is 29.5 Å². The van der Waals surface area contributed by atoms with Crippen molar-refractivity contribution in [2.24, 2.45) is 0 Å². The predicted molar refractivity (Wildman–Crippen MR) is 62.3 cm³/mol. The summed E-state index contributed by atoms with van der Waals surface area (Å²) < 4.78 is 5.44. The molecule has 2 rings (SSSR count). The van der Waals surface area contributed by atoms with Gasteiger partial charge in [-0.15, -0.1) is 0 Å². The zero-order chi connectivity index (χ0) is 11.4. The van der Waals surface area contributed by atoms with E-state index in [1.165, 1.54) is 0 Å². The Kier molecular flexibility index (Phi) is 3.44. The molecule has 1 aromatic rings. The van der Waals surface area contributed by atoms with Crippen LogP contribution in [0.5, 0.6) is 5.75 Å². The second-order valence-electron chi connectivity index (χ2n) is 4.18. The Morgan fingerprint density at radius 3 is 2.81 bits per heavy atom. The lowest BCUT2D eigenvalue weighted by Crippen LogP contribution is -2.37. The summed E-state index contributed by atoms with van der Waals surface area (Å²) in [5.74, 6) is 0.844. The van der Waals surface area contributed by atoms with Gasteiger partial charge >= 0.3 is 0 Å². The minimum absolute atomic E-state index is 0.0915. The number of carbonyl (C=O) groups excluding carboxylic acids is 1. The average molecular weight is 219 g/mol. The molecule has 0 N–H and O–H groups in total. The first-order valence-corrected chi connectivity index (χ1v) is 5.74. The number of rotatable bonds is 3. The molecular weight excluding hydrogens is 202 g/mol. The molecule has 1 aromatic carbocycles. The van der Waals surface area contributed by atoms with Crippen molar-refractivity contribution in [3.63, 3.8) is 0 Å². The van der Waals surface area contributed by atoms with E-state index in [2.05, 4.69) is 6.92 Å². The fourth-order valence-electron chi connectivity index (χ4n) is 2.05. The van der Waals surface area contributed by atoms with Gasteiger partial charge in [0.25, 0.3) is 5.91 Å². The third-order valence-electron chi connectivity index (χ3n) is 2.98. The van der Waals surface area contributed by atoms with E-state index in [-0.39, 0.29) is 12.5 Å². The van der Waals surface area contributed by atoms with Gasteiger partial charge in [-0.2, -0.15) is 0 Å². The van der Waals surface area contributed by atoms with Crippen molar-refractivity contribution >= 4 is 5.91 Å². The summed E-state index contributed by atoms with van der Waals surface area (Å²) in [6.07, 6.45) is 2.22. The van der Waals surface area contributed by atoms with Gasteiger partial charge in [0.05, 0.1) is 0 Å². The summed E-state index contributed by atoms with van der Waals surface area (Å²) in [6, 6.07) is 9.82. The standard InChI is InChI=1S/C13H17NO2/c1-11-6-5-9-14(11)13(15)10-16-12-7-3-2-4-8-12/h2-4,7-8,11H,5-6,9-10H2,1H3. The van der Waals surface area contributed by atoms with E-state index >= 15 is 0 Å². The van der Waals surface area contributed by atoms with Crippen LogP contribution in [-0.4, -0.2) is 30.0 Å². The number of hydrogen-bond donors (Lipinski definition) is 0. The minimum Gasteiger partial charge on any atom is -0.484 e. The highest BCUT2D eigenvalue weighted by Crippen LogP contribution is 2.17. The second-order valence-corrected chi connectivity index (χ2v) is 4.18. The van der Waals surface area contributed by atoms with Crippen molar-refractivity contribution in [3.8, 4) is 5.75 Å². The van der Waals surface area contributed by atoms with Crippen LogP contribution in [0.1, 0.15) is 19.8 Å². The van der Waals surface area contributed by atoms with Gasteiger partial charge in [-0.25, -0.2) is 0 Å². The maximum Gasteiger partial charge on any atom is 0.260 e. The number of ether oxygens (including phenoxy) is 1. The summed E-state index contributed by atoms with van der Waals surface area (Å²) in [4.78, 5) is 13.7. The Balaban J connectivity index is 1.84. The smallest absolute Gasteiger partial charge is 0.260 e. The first-order valence-electron chi connectivity index (χ1n) is 5.74. The molecule has 1 heterocycles. The third kappa shape index (κ3) is 2.54. The predicted octanol–water partition coefficient (Wildman–Crippen LogP) is 2.08. The van der Waals surface area contributed by atoms with Gasteiger partial charge in [-0.05, 0) is 31.9 Å². The molecular formula is C13H17NO2. The number of nitrogens with zero attached hydrogens (tertiary/aromatic N) is 1. The SMILES string of the molecule is CC1CCCN1C(=O)COc1ccccc1. The highest BCUT2D eigenvalue weighted by Gasteiger charge is 2.24. The lowest BCUT2D eigenvalue weighted by atomic mass is 10.2. The molecule has 3 heteroatoms. The maximum atomic E-state index is 11.8. The van der Waals surface area contributed by atoms with Crippen LogP contribution < -0.4 is 4.74 Å². The zero-order valence-electron chi connectivity index (χ0n) is 9.56. The van der Waals surface area contributed by atoms with E-state index in [1.807, 2.05) is 35.2 Å². The van der Waals surface area contributed by atoms with E-state index in [0.29, 0.717) is 6.04 Å². The summed E-state index contributed by atoms with van der Waals surface area (Å²) in [7, 11) is 0. The van der Waals surface area contributed by atoms with Gasteiger partial charge < -0.3 is 9.64 Å². The van der Waals surface area contributed by atoms with Gasteiger partial charge in [0.1, 0.15) is 5.75 Å². The summed E-state index contributed by atoms with van der Waals surface area (Å²) in [5.41, 5.74) is 0. The van der Waals surface area contributed by atoms with E-state index in [0.717, 1.165) is 25.1 Å². The quantitative estimate of drug-likeness (QED) is 0.779. The van der Waals surface area contributed by atoms with Crippen molar-refractivity contribution in [2.45, 2.75) is 25.8 Å². The summed E-state index contributed by atoms with van der Waals surface area (Å²) in [5, 5.41) is 0. The molecule has 86 valence electrons. The van der Waals surface area contributed by atoms with Crippen LogP contribution in [0.3, 0.4) is 0 Å². The molecule has 16 heavy (non-hydrogen) atoms. The average Bonchev–Trinajstić information content (AvgIpc) is 2.74. The highest BCUT2D eigenvalue weighted by molar-refractivity contribution is 5.78. The van der Waals surface area contributed by atoms with Gasteiger partial charge in [0.2, 0.25) is 0 Å². The molecule has 1 fully saturated rings. The first kappa shape index (κ1) is 11.0. The Labute approximate surface area is 96.0 Å². The molecule has 1 aliphatic rings. The number of likely N-dealkylation sites (tertiary alicyclic amines) is 1. The van der Waals surface area contributed by atoms with Crippen LogP contribution in [-0.2, 0) is 4.79 Å². The van der Waals surface area contributed by atoms with Crippen LogP contribution in [0.2, 0.25) is 0 Å². The molecule has 0 spiro atoms. The lowest BCUT2D eigenvalue weighted by molar-refractivity contribution is -0.133. The Morgan fingerprint density at radius 1 is 1.44 bits per heavy atom. The van der Waals surface area contributed by atoms with Crippen LogP contribution in [0.15, 0.2) is 30.3 Å². The van der Waals surface area contributed by atoms with Crippen molar-refractivity contribution < 1.29 is 9.53 Å². The fourth-order valence-corrected chi connectivity index (χ4v) is 2.05. The molecule has 1 aliphatic heterocycles. The summed E-state index contributed by atoms with van der Waals surface area (Å²) in [6.45, 7) is 3.11. The monoisotopic (exact) mass is 219 g/mol. The molecule has 1 saturated heterocycles.